The number of hydrogen-bond acceptors (Lipinski definition) is 5. The number of rotatable bonds is 5. The van der Waals surface area contributed by atoms with Crippen LogP contribution in [0.4, 0.5) is 0 Å². The maximum absolute atomic E-state index is 12.5. The second kappa shape index (κ2) is 7.56. The van der Waals surface area contributed by atoms with E-state index in [-0.39, 0.29) is 5.91 Å². The maximum atomic E-state index is 12.5. The molecule has 1 saturated heterocycles. The van der Waals surface area contributed by atoms with Gasteiger partial charge in [-0.2, -0.15) is 9.40 Å². The van der Waals surface area contributed by atoms with Gasteiger partial charge >= 0.3 is 0 Å². The minimum atomic E-state index is -3.43. The number of aryl methyl sites for hydroxylation is 1. The highest BCUT2D eigenvalue weighted by Gasteiger charge is 2.30. The lowest BCUT2D eigenvalue weighted by molar-refractivity contribution is -0.132. The van der Waals surface area contributed by atoms with Crippen LogP contribution in [-0.2, 0) is 21.4 Å². The van der Waals surface area contributed by atoms with Crippen molar-refractivity contribution in [2.75, 3.05) is 26.2 Å². The quantitative estimate of drug-likeness (QED) is 0.702. The van der Waals surface area contributed by atoms with Crippen molar-refractivity contribution < 1.29 is 13.2 Å². The first-order valence-corrected chi connectivity index (χ1v) is 11.0. The second-order valence-electron chi connectivity index (χ2n) is 5.77. The Morgan fingerprint density at radius 3 is 2.60 bits per heavy atom. The summed E-state index contributed by atoms with van der Waals surface area (Å²) in [7, 11) is -3.43. The Morgan fingerprint density at radius 1 is 1.32 bits per heavy atom. The van der Waals surface area contributed by atoms with Crippen LogP contribution in [0.1, 0.15) is 12.1 Å². The molecule has 3 rings (SSSR count). The molecule has 1 amide bonds. The molecule has 0 saturated carbocycles. The number of hydrogen-bond donors (Lipinski definition) is 0. The summed E-state index contributed by atoms with van der Waals surface area (Å²) >= 11 is 4.62. The van der Waals surface area contributed by atoms with Gasteiger partial charge in [0.05, 0.1) is 10.7 Å². The summed E-state index contributed by atoms with van der Waals surface area (Å²) in [5, 5.41) is 5.97. The van der Waals surface area contributed by atoms with E-state index in [4.69, 9.17) is 0 Å². The molecule has 0 unspecified atom stereocenters. The van der Waals surface area contributed by atoms with Gasteiger partial charge in [0, 0.05) is 44.8 Å². The third-order valence-corrected chi connectivity index (χ3v) is 8.31. The van der Waals surface area contributed by atoms with Crippen molar-refractivity contribution in [2.45, 2.75) is 24.1 Å². The Morgan fingerprint density at radius 2 is 2.04 bits per heavy atom. The van der Waals surface area contributed by atoms with Crippen molar-refractivity contribution in [1.82, 2.24) is 19.0 Å². The molecular weight excluding hydrogens is 428 g/mol. The third kappa shape index (κ3) is 3.97. The molecule has 0 radical (unpaired) electrons. The lowest BCUT2D eigenvalue weighted by Crippen LogP contribution is -2.50. The van der Waals surface area contributed by atoms with E-state index < -0.39 is 10.0 Å². The number of carbonyl (C=O) groups excluding carboxylic acids is 1. The van der Waals surface area contributed by atoms with E-state index in [0.29, 0.717) is 43.4 Å². The number of piperazine rings is 1. The number of amides is 1. The van der Waals surface area contributed by atoms with Crippen LogP contribution in [0.2, 0.25) is 0 Å². The monoisotopic (exact) mass is 446 g/mol. The normalized spacial score (nSPS) is 16.3. The van der Waals surface area contributed by atoms with E-state index in [1.165, 1.54) is 15.6 Å². The molecule has 0 spiro atoms. The molecule has 0 N–H and O–H groups in total. The highest BCUT2D eigenvalue weighted by Crippen LogP contribution is 2.22. The third-order valence-electron chi connectivity index (χ3n) is 4.26. The molecule has 1 aliphatic rings. The largest absolute Gasteiger partial charge is 0.340 e. The molecule has 7 nitrogen and oxygen atoms in total. The number of nitrogens with zero attached hydrogens (tertiary/aromatic N) is 4. The summed E-state index contributed by atoms with van der Waals surface area (Å²) in [4.78, 5) is 14.1. The van der Waals surface area contributed by atoms with Gasteiger partial charge in [-0.05, 0) is 34.3 Å². The van der Waals surface area contributed by atoms with Crippen LogP contribution in [0.5, 0.6) is 0 Å². The summed E-state index contributed by atoms with van der Waals surface area (Å²) < 4.78 is 29.5. The van der Waals surface area contributed by atoms with E-state index in [1.807, 2.05) is 6.92 Å². The minimum Gasteiger partial charge on any atom is -0.340 e. The Balaban J connectivity index is 1.53. The highest BCUT2D eigenvalue weighted by atomic mass is 79.9. The van der Waals surface area contributed by atoms with Gasteiger partial charge in [0.2, 0.25) is 5.91 Å². The van der Waals surface area contributed by atoms with Gasteiger partial charge in [-0.3, -0.25) is 9.48 Å². The summed E-state index contributed by atoms with van der Waals surface area (Å²) in [6.45, 7) is 3.97. The van der Waals surface area contributed by atoms with Crippen LogP contribution in [0, 0.1) is 6.92 Å². The molecule has 136 valence electrons. The molecule has 0 aliphatic carbocycles. The summed E-state index contributed by atoms with van der Waals surface area (Å²) in [6, 6.07) is 3.34. The fraction of sp³-hybridized carbons (Fsp3) is 0.467. The van der Waals surface area contributed by atoms with Crippen LogP contribution in [0.3, 0.4) is 0 Å². The average molecular weight is 447 g/mol. The highest BCUT2D eigenvalue weighted by molar-refractivity contribution is 9.10. The maximum Gasteiger partial charge on any atom is 0.252 e. The molecule has 1 fully saturated rings. The molecule has 3 heterocycles. The molecule has 0 aromatic carbocycles. The molecule has 10 heteroatoms. The molecule has 2 aromatic rings. The fourth-order valence-electron chi connectivity index (χ4n) is 2.72. The van der Waals surface area contributed by atoms with Crippen LogP contribution < -0.4 is 0 Å². The van der Waals surface area contributed by atoms with Crippen molar-refractivity contribution in [3.05, 3.63) is 33.9 Å². The molecular formula is C15H19BrN4O3S2. The molecule has 25 heavy (non-hydrogen) atoms. The van der Waals surface area contributed by atoms with Crippen LogP contribution >= 0.6 is 27.3 Å². The SMILES string of the molecule is Cc1c(Br)cnn1CCC(=O)N1CCN(S(=O)(=O)c2cccs2)CC1. The van der Waals surface area contributed by atoms with Crippen molar-refractivity contribution in [2.24, 2.45) is 0 Å². The first-order valence-electron chi connectivity index (χ1n) is 7.89. The van der Waals surface area contributed by atoms with Gasteiger partial charge in [0.25, 0.3) is 10.0 Å². The first-order chi connectivity index (χ1) is 11.9. The van der Waals surface area contributed by atoms with Gasteiger partial charge in [-0.1, -0.05) is 6.07 Å². The zero-order valence-electron chi connectivity index (χ0n) is 13.8. The second-order valence-corrected chi connectivity index (χ2v) is 9.73. The number of thiophene rings is 1. The average Bonchev–Trinajstić information content (AvgIpc) is 3.25. The number of carbonyl (C=O) groups is 1. The standard InChI is InChI=1S/C15H19BrN4O3S2/c1-12-13(16)11-17-20(12)5-4-14(21)18-6-8-19(9-7-18)25(22,23)15-3-2-10-24-15/h2-3,10-11H,4-9H2,1H3. The number of halogens is 1. The van der Waals surface area contributed by atoms with Crippen LogP contribution in [-0.4, -0.2) is 59.5 Å². The summed E-state index contributed by atoms with van der Waals surface area (Å²) in [6.07, 6.45) is 2.07. The lowest BCUT2D eigenvalue weighted by Gasteiger charge is -2.33. The predicted octanol–water partition coefficient (Wildman–Crippen LogP) is 1.94. The van der Waals surface area contributed by atoms with Gasteiger partial charge < -0.3 is 4.90 Å². The van der Waals surface area contributed by atoms with Crippen molar-refractivity contribution >= 4 is 43.2 Å². The topological polar surface area (TPSA) is 75.5 Å². The van der Waals surface area contributed by atoms with Gasteiger partial charge in [-0.25, -0.2) is 8.42 Å². The van der Waals surface area contributed by atoms with Crippen LogP contribution in [0.15, 0.2) is 32.4 Å². The molecule has 0 atom stereocenters. The lowest BCUT2D eigenvalue weighted by atomic mass is 10.3. The number of sulfonamides is 1. The van der Waals surface area contributed by atoms with E-state index >= 15 is 0 Å². The Kier molecular flexibility index (Phi) is 5.62. The van der Waals surface area contributed by atoms with E-state index in [1.54, 1.807) is 33.3 Å². The first kappa shape index (κ1) is 18.6. The fourth-order valence-corrected chi connectivity index (χ4v) is 5.59. The molecule has 1 aliphatic heterocycles. The minimum absolute atomic E-state index is 0.0270. The van der Waals surface area contributed by atoms with Crippen LogP contribution in [0.25, 0.3) is 0 Å². The van der Waals surface area contributed by atoms with Crippen molar-refractivity contribution in [3.8, 4) is 0 Å². The van der Waals surface area contributed by atoms with E-state index in [0.717, 1.165) is 10.2 Å². The van der Waals surface area contributed by atoms with Gasteiger partial charge in [0.15, 0.2) is 0 Å². The smallest absolute Gasteiger partial charge is 0.252 e. The zero-order chi connectivity index (χ0) is 18.0. The zero-order valence-corrected chi connectivity index (χ0v) is 17.0. The summed E-state index contributed by atoms with van der Waals surface area (Å²) in [5.41, 5.74) is 0.986. The predicted molar refractivity (Wildman–Crippen MR) is 98.9 cm³/mol. The Labute approximate surface area is 159 Å². The Hall–Kier alpha value is -1.23. The molecule has 2 aromatic heterocycles. The number of aromatic nitrogens is 2. The van der Waals surface area contributed by atoms with Gasteiger partial charge in [0.1, 0.15) is 4.21 Å². The van der Waals surface area contributed by atoms with E-state index in [9.17, 15) is 13.2 Å². The molecule has 0 bridgehead atoms. The summed E-state index contributed by atoms with van der Waals surface area (Å²) in [5.74, 6) is 0.0270. The van der Waals surface area contributed by atoms with E-state index in [2.05, 4.69) is 21.0 Å². The Bertz CT molecular complexity index is 840. The van der Waals surface area contributed by atoms with Crippen molar-refractivity contribution in [3.63, 3.8) is 0 Å². The van der Waals surface area contributed by atoms with Gasteiger partial charge in [-0.15, -0.1) is 11.3 Å². The van der Waals surface area contributed by atoms with Crippen molar-refractivity contribution in [1.29, 1.82) is 0 Å².